The number of nitrogens with zero attached hydrogens (tertiary/aromatic N) is 2. The number of rotatable bonds is 3. The van der Waals surface area contributed by atoms with Gasteiger partial charge in [-0.1, -0.05) is 36.8 Å². The summed E-state index contributed by atoms with van der Waals surface area (Å²) < 4.78 is 28.1. The number of halogens is 2. The molecule has 4 rings (SSSR count). The summed E-state index contributed by atoms with van der Waals surface area (Å²) in [7, 11) is 1.55. The van der Waals surface area contributed by atoms with E-state index in [1.807, 2.05) is 24.3 Å². The number of nitrogens with two attached hydrogens (primary N) is 1. The van der Waals surface area contributed by atoms with Crippen LogP contribution in [-0.4, -0.2) is 23.8 Å². The van der Waals surface area contributed by atoms with Gasteiger partial charge in [0.2, 0.25) is 5.91 Å². The van der Waals surface area contributed by atoms with Crippen molar-refractivity contribution >= 4 is 11.9 Å². The van der Waals surface area contributed by atoms with E-state index in [0.717, 1.165) is 11.6 Å². The quantitative estimate of drug-likeness (QED) is 0.870. The molecular formula is C22H23F2N3O. The van der Waals surface area contributed by atoms with Crippen LogP contribution in [0.2, 0.25) is 0 Å². The number of guanidine groups is 1. The first kappa shape index (κ1) is 18.6. The maximum Gasteiger partial charge on any atom is 0.239 e. The van der Waals surface area contributed by atoms with E-state index in [4.69, 9.17) is 5.73 Å². The minimum absolute atomic E-state index is 0.0126. The summed E-state index contributed by atoms with van der Waals surface area (Å²) in [5.41, 5.74) is 6.81. The fraction of sp³-hybridized carbons (Fsp3) is 0.364. The third kappa shape index (κ3) is 2.87. The molecular weight excluding hydrogens is 360 g/mol. The van der Waals surface area contributed by atoms with Crippen LogP contribution in [0.4, 0.5) is 8.78 Å². The standard InChI is InChI=1S/C22H23F2N3O/c1-22(17-11-10-16(23)12-18(17)24)19(20(28)27(2)21(25)26-22)15-8-6-14(7-9-15)13-4-3-5-13/h6-13,19H,3-5H2,1-2H3,(H2,25,26)/t19-,22-/m1/s1. The Morgan fingerprint density at radius 2 is 1.75 bits per heavy atom. The minimum Gasteiger partial charge on any atom is -0.369 e. The molecule has 2 aromatic rings. The third-order valence-corrected chi connectivity index (χ3v) is 6.15. The maximum absolute atomic E-state index is 14.7. The van der Waals surface area contributed by atoms with Gasteiger partial charge >= 0.3 is 0 Å². The molecule has 1 heterocycles. The predicted octanol–water partition coefficient (Wildman–Crippen LogP) is 4.02. The summed E-state index contributed by atoms with van der Waals surface area (Å²) in [5, 5.41) is 0. The van der Waals surface area contributed by atoms with E-state index in [9.17, 15) is 13.6 Å². The van der Waals surface area contributed by atoms with E-state index in [-0.39, 0.29) is 17.4 Å². The van der Waals surface area contributed by atoms with Crippen molar-refractivity contribution in [2.75, 3.05) is 7.05 Å². The van der Waals surface area contributed by atoms with Crippen molar-refractivity contribution in [3.63, 3.8) is 0 Å². The lowest BCUT2D eigenvalue weighted by Gasteiger charge is -2.41. The third-order valence-electron chi connectivity index (χ3n) is 6.15. The van der Waals surface area contributed by atoms with E-state index >= 15 is 0 Å². The van der Waals surface area contributed by atoms with Crippen molar-refractivity contribution in [3.8, 4) is 0 Å². The van der Waals surface area contributed by atoms with Gasteiger partial charge in [0.05, 0.1) is 5.92 Å². The number of benzene rings is 2. The molecule has 28 heavy (non-hydrogen) atoms. The minimum atomic E-state index is -1.27. The highest BCUT2D eigenvalue weighted by Crippen LogP contribution is 2.45. The molecule has 1 amide bonds. The molecule has 2 N–H and O–H groups in total. The van der Waals surface area contributed by atoms with Gasteiger partial charge in [-0.15, -0.1) is 0 Å². The zero-order chi connectivity index (χ0) is 20.1. The number of amides is 1. The summed E-state index contributed by atoms with van der Waals surface area (Å²) in [6.07, 6.45) is 3.61. The van der Waals surface area contributed by atoms with E-state index in [2.05, 4.69) is 4.99 Å². The number of likely N-dealkylation sites (N-methyl/N-ethyl adjacent to an activating group) is 1. The summed E-state index contributed by atoms with van der Waals surface area (Å²) in [6.45, 7) is 1.67. The summed E-state index contributed by atoms with van der Waals surface area (Å²) in [4.78, 5) is 18.9. The number of aliphatic imine (C=N–C) groups is 1. The van der Waals surface area contributed by atoms with Crippen molar-refractivity contribution in [1.29, 1.82) is 0 Å². The molecule has 2 aliphatic rings. The second kappa shape index (κ2) is 6.69. The lowest BCUT2D eigenvalue weighted by molar-refractivity contribution is -0.130. The van der Waals surface area contributed by atoms with Crippen LogP contribution < -0.4 is 5.73 Å². The van der Waals surface area contributed by atoms with Gasteiger partial charge in [-0.05, 0) is 42.9 Å². The molecule has 6 heteroatoms. The first-order chi connectivity index (χ1) is 13.3. The zero-order valence-corrected chi connectivity index (χ0v) is 16.0. The molecule has 1 saturated carbocycles. The van der Waals surface area contributed by atoms with Crippen LogP contribution in [0.1, 0.15) is 54.7 Å². The van der Waals surface area contributed by atoms with Crippen LogP contribution in [0.3, 0.4) is 0 Å². The molecule has 1 aliphatic heterocycles. The molecule has 0 spiro atoms. The van der Waals surface area contributed by atoms with E-state index in [0.29, 0.717) is 5.92 Å². The van der Waals surface area contributed by atoms with Crippen molar-refractivity contribution in [2.45, 2.75) is 43.6 Å². The van der Waals surface area contributed by atoms with Crippen molar-refractivity contribution in [1.82, 2.24) is 4.90 Å². The molecule has 0 unspecified atom stereocenters. The number of carbonyl (C=O) groups is 1. The van der Waals surface area contributed by atoms with Crippen LogP contribution in [-0.2, 0) is 10.3 Å². The molecule has 4 nitrogen and oxygen atoms in total. The molecule has 2 atom stereocenters. The number of hydrogen-bond acceptors (Lipinski definition) is 3. The number of carbonyl (C=O) groups excluding carboxylic acids is 1. The van der Waals surface area contributed by atoms with Gasteiger partial charge in [-0.25, -0.2) is 13.8 Å². The van der Waals surface area contributed by atoms with Crippen LogP contribution in [0.25, 0.3) is 0 Å². The fourth-order valence-electron chi connectivity index (χ4n) is 4.21. The highest BCUT2D eigenvalue weighted by Gasteiger charge is 2.48. The highest BCUT2D eigenvalue weighted by molar-refractivity contribution is 6.02. The molecule has 0 aromatic heterocycles. The van der Waals surface area contributed by atoms with Crippen LogP contribution in [0, 0.1) is 11.6 Å². The Bertz CT molecular complexity index is 953. The average molecular weight is 383 g/mol. The lowest BCUT2D eigenvalue weighted by Crippen LogP contribution is -2.52. The second-order valence-electron chi connectivity index (χ2n) is 7.87. The first-order valence-corrected chi connectivity index (χ1v) is 9.49. The normalized spacial score (nSPS) is 25.4. The first-order valence-electron chi connectivity index (χ1n) is 9.49. The van der Waals surface area contributed by atoms with Gasteiger partial charge in [-0.3, -0.25) is 9.69 Å². The van der Waals surface area contributed by atoms with Crippen molar-refractivity contribution < 1.29 is 13.6 Å². The van der Waals surface area contributed by atoms with Gasteiger partial charge in [0.1, 0.15) is 17.2 Å². The number of hydrogen-bond donors (Lipinski definition) is 1. The topological polar surface area (TPSA) is 58.7 Å². The van der Waals surface area contributed by atoms with Crippen LogP contribution in [0.5, 0.6) is 0 Å². The Labute approximate surface area is 163 Å². The monoisotopic (exact) mass is 383 g/mol. The van der Waals surface area contributed by atoms with Gasteiger partial charge in [0, 0.05) is 18.7 Å². The SMILES string of the molecule is CN1C(=O)[C@@H](c2ccc(C3CCC3)cc2)[C@@](C)(c2ccc(F)cc2F)N=C1N. The van der Waals surface area contributed by atoms with Gasteiger partial charge < -0.3 is 5.73 Å². The summed E-state index contributed by atoms with van der Waals surface area (Å²) >= 11 is 0. The van der Waals surface area contributed by atoms with Crippen molar-refractivity contribution in [3.05, 3.63) is 70.8 Å². The van der Waals surface area contributed by atoms with Crippen LogP contribution in [0.15, 0.2) is 47.5 Å². The van der Waals surface area contributed by atoms with Gasteiger partial charge in [0.15, 0.2) is 5.96 Å². The zero-order valence-electron chi connectivity index (χ0n) is 16.0. The largest absolute Gasteiger partial charge is 0.369 e. The molecule has 0 radical (unpaired) electrons. The Morgan fingerprint density at radius 1 is 1.11 bits per heavy atom. The second-order valence-corrected chi connectivity index (χ2v) is 7.87. The lowest BCUT2D eigenvalue weighted by atomic mass is 9.73. The van der Waals surface area contributed by atoms with E-state index < -0.39 is 23.1 Å². The summed E-state index contributed by atoms with van der Waals surface area (Å²) in [6, 6.07) is 11.2. The molecule has 1 fully saturated rings. The Balaban J connectivity index is 1.82. The summed E-state index contributed by atoms with van der Waals surface area (Å²) in [5.74, 6) is -1.86. The predicted molar refractivity (Wildman–Crippen MR) is 104 cm³/mol. The van der Waals surface area contributed by atoms with E-state index in [1.165, 1.54) is 41.9 Å². The Morgan fingerprint density at radius 3 is 2.32 bits per heavy atom. The van der Waals surface area contributed by atoms with E-state index in [1.54, 1.807) is 14.0 Å². The molecule has 1 aliphatic carbocycles. The van der Waals surface area contributed by atoms with Gasteiger partial charge in [-0.2, -0.15) is 0 Å². The molecule has 0 saturated heterocycles. The Kier molecular flexibility index (Phi) is 4.44. The maximum atomic E-state index is 14.7. The fourth-order valence-corrected chi connectivity index (χ4v) is 4.21. The molecule has 0 bridgehead atoms. The van der Waals surface area contributed by atoms with Crippen LogP contribution >= 0.6 is 0 Å². The molecule has 2 aromatic carbocycles. The Hall–Kier alpha value is -2.76. The van der Waals surface area contributed by atoms with Crippen molar-refractivity contribution in [2.24, 2.45) is 10.7 Å². The highest BCUT2D eigenvalue weighted by atomic mass is 19.1. The smallest absolute Gasteiger partial charge is 0.239 e. The average Bonchev–Trinajstić information content (AvgIpc) is 2.59. The molecule has 146 valence electrons. The van der Waals surface area contributed by atoms with Gasteiger partial charge in [0.25, 0.3) is 0 Å².